The molecule has 2 aliphatic rings. The fraction of sp³-hybridized carbons (Fsp3) is 0.909. The van der Waals surface area contributed by atoms with Crippen molar-refractivity contribution in [1.29, 1.82) is 5.26 Å². The van der Waals surface area contributed by atoms with Crippen LogP contribution < -0.4 is 5.32 Å². The van der Waals surface area contributed by atoms with E-state index in [2.05, 4.69) is 16.3 Å². The van der Waals surface area contributed by atoms with E-state index in [0.717, 1.165) is 50.5 Å². The molecule has 15 heavy (non-hydrogen) atoms. The molecular formula is C11H19N3S. The summed E-state index contributed by atoms with van der Waals surface area (Å²) in [5.74, 6) is 2.30. The number of nitrogens with zero attached hydrogens (tertiary/aromatic N) is 2. The van der Waals surface area contributed by atoms with Crippen molar-refractivity contribution >= 4 is 11.8 Å². The molecule has 2 heterocycles. The monoisotopic (exact) mass is 225 g/mol. The first-order valence-electron chi connectivity index (χ1n) is 5.82. The Morgan fingerprint density at radius 3 is 2.73 bits per heavy atom. The Kier molecular flexibility index (Phi) is 3.90. The highest BCUT2D eigenvalue weighted by atomic mass is 32.2. The molecule has 0 bridgehead atoms. The number of nitrogens with one attached hydrogen (secondary N) is 1. The van der Waals surface area contributed by atoms with Crippen LogP contribution in [0.2, 0.25) is 0 Å². The summed E-state index contributed by atoms with van der Waals surface area (Å²) in [6.07, 6.45) is 3.28. The maximum absolute atomic E-state index is 9.46. The van der Waals surface area contributed by atoms with Crippen LogP contribution >= 0.6 is 11.8 Å². The zero-order valence-corrected chi connectivity index (χ0v) is 9.98. The van der Waals surface area contributed by atoms with Gasteiger partial charge in [0.1, 0.15) is 5.54 Å². The Bertz CT molecular complexity index is 235. The Hall–Kier alpha value is -0.240. The standard InChI is InChI=1S/C11H19N3S/c12-10-11(2-8-15-9-3-11)14-6-1-4-13-5-7-14/h13H,1-9H2. The van der Waals surface area contributed by atoms with Crippen molar-refractivity contribution < 1.29 is 0 Å². The number of hydrogen-bond acceptors (Lipinski definition) is 4. The van der Waals surface area contributed by atoms with E-state index in [9.17, 15) is 5.26 Å². The van der Waals surface area contributed by atoms with Crippen LogP contribution in [0.1, 0.15) is 19.3 Å². The topological polar surface area (TPSA) is 39.1 Å². The van der Waals surface area contributed by atoms with Crippen LogP contribution in [0.3, 0.4) is 0 Å². The van der Waals surface area contributed by atoms with Gasteiger partial charge in [-0.25, -0.2) is 0 Å². The van der Waals surface area contributed by atoms with Gasteiger partial charge in [-0.1, -0.05) is 0 Å². The summed E-state index contributed by atoms with van der Waals surface area (Å²) in [6.45, 7) is 4.27. The van der Waals surface area contributed by atoms with Gasteiger partial charge in [-0.05, 0) is 37.3 Å². The van der Waals surface area contributed by atoms with E-state index >= 15 is 0 Å². The van der Waals surface area contributed by atoms with Crippen molar-refractivity contribution in [3.05, 3.63) is 0 Å². The molecule has 0 spiro atoms. The lowest BCUT2D eigenvalue weighted by atomic mass is 9.91. The third kappa shape index (κ3) is 2.47. The fourth-order valence-corrected chi connectivity index (χ4v) is 3.65. The van der Waals surface area contributed by atoms with Crippen LogP contribution in [0.4, 0.5) is 0 Å². The van der Waals surface area contributed by atoms with Crippen molar-refractivity contribution in [2.24, 2.45) is 0 Å². The predicted molar refractivity (Wildman–Crippen MR) is 64.0 cm³/mol. The van der Waals surface area contributed by atoms with Gasteiger partial charge in [0.25, 0.3) is 0 Å². The van der Waals surface area contributed by atoms with Gasteiger partial charge in [-0.2, -0.15) is 17.0 Å². The maximum atomic E-state index is 9.46. The van der Waals surface area contributed by atoms with E-state index in [1.165, 1.54) is 6.42 Å². The highest BCUT2D eigenvalue weighted by Gasteiger charge is 2.38. The molecule has 4 heteroatoms. The van der Waals surface area contributed by atoms with E-state index in [-0.39, 0.29) is 5.54 Å². The second-order valence-electron chi connectivity index (χ2n) is 4.35. The van der Waals surface area contributed by atoms with Crippen LogP contribution in [0.25, 0.3) is 0 Å². The summed E-state index contributed by atoms with van der Waals surface area (Å²) < 4.78 is 0. The lowest BCUT2D eigenvalue weighted by Crippen LogP contribution is -2.51. The van der Waals surface area contributed by atoms with E-state index in [1.807, 2.05) is 11.8 Å². The summed E-state index contributed by atoms with van der Waals surface area (Å²) in [5, 5.41) is 12.9. The van der Waals surface area contributed by atoms with Gasteiger partial charge in [0.05, 0.1) is 6.07 Å². The lowest BCUT2D eigenvalue weighted by molar-refractivity contribution is 0.136. The average Bonchev–Trinajstić information content (AvgIpc) is 2.59. The maximum Gasteiger partial charge on any atom is 0.110 e. The summed E-state index contributed by atoms with van der Waals surface area (Å²) in [5.41, 5.74) is -0.142. The van der Waals surface area contributed by atoms with Crippen LogP contribution in [0.5, 0.6) is 0 Å². The molecule has 1 N–H and O–H groups in total. The Morgan fingerprint density at radius 1 is 1.20 bits per heavy atom. The van der Waals surface area contributed by atoms with Crippen LogP contribution in [-0.4, -0.2) is 48.1 Å². The predicted octanol–water partition coefficient (Wildman–Crippen LogP) is 1.07. The summed E-state index contributed by atoms with van der Waals surface area (Å²) >= 11 is 1.99. The lowest BCUT2D eigenvalue weighted by Gasteiger charge is -2.40. The van der Waals surface area contributed by atoms with Gasteiger partial charge >= 0.3 is 0 Å². The fourth-order valence-electron chi connectivity index (χ4n) is 2.48. The van der Waals surface area contributed by atoms with Gasteiger partial charge in [-0.15, -0.1) is 0 Å². The molecule has 0 unspecified atom stereocenters. The molecule has 0 aliphatic carbocycles. The minimum atomic E-state index is -0.142. The second-order valence-corrected chi connectivity index (χ2v) is 5.57. The number of nitriles is 1. The Balaban J connectivity index is 2.06. The molecular weight excluding hydrogens is 206 g/mol. The number of rotatable bonds is 1. The largest absolute Gasteiger partial charge is 0.315 e. The summed E-state index contributed by atoms with van der Waals surface area (Å²) in [7, 11) is 0. The van der Waals surface area contributed by atoms with Gasteiger partial charge in [-0.3, -0.25) is 4.90 Å². The molecule has 2 rings (SSSR count). The normalized spacial score (nSPS) is 27.9. The first kappa shape index (κ1) is 11.3. The Morgan fingerprint density at radius 2 is 2.00 bits per heavy atom. The number of thioether (sulfide) groups is 1. The van der Waals surface area contributed by atoms with Crippen LogP contribution in [0.15, 0.2) is 0 Å². The molecule has 0 radical (unpaired) electrons. The molecule has 0 saturated carbocycles. The summed E-state index contributed by atoms with van der Waals surface area (Å²) in [6, 6.07) is 2.60. The third-order valence-electron chi connectivity index (χ3n) is 3.47. The zero-order valence-electron chi connectivity index (χ0n) is 9.17. The molecule has 2 aliphatic heterocycles. The number of hydrogen-bond donors (Lipinski definition) is 1. The molecule has 0 amide bonds. The van der Waals surface area contributed by atoms with Crippen molar-refractivity contribution in [1.82, 2.24) is 10.2 Å². The molecule has 0 atom stereocenters. The highest BCUT2D eigenvalue weighted by molar-refractivity contribution is 7.99. The van der Waals surface area contributed by atoms with Crippen molar-refractivity contribution in [2.75, 3.05) is 37.7 Å². The smallest absolute Gasteiger partial charge is 0.110 e. The molecule has 0 aromatic carbocycles. The SMILES string of the molecule is N#CC1(N2CCCNCC2)CCSCC1. The average molecular weight is 225 g/mol. The Labute approximate surface area is 96.2 Å². The first-order chi connectivity index (χ1) is 7.37. The molecule has 0 aromatic heterocycles. The van der Waals surface area contributed by atoms with Gasteiger partial charge in [0.15, 0.2) is 0 Å². The van der Waals surface area contributed by atoms with E-state index in [0.29, 0.717) is 0 Å². The van der Waals surface area contributed by atoms with Gasteiger partial charge in [0.2, 0.25) is 0 Å². The van der Waals surface area contributed by atoms with Crippen LogP contribution in [-0.2, 0) is 0 Å². The molecule has 2 saturated heterocycles. The first-order valence-corrected chi connectivity index (χ1v) is 6.98. The van der Waals surface area contributed by atoms with E-state index in [1.54, 1.807) is 0 Å². The minimum Gasteiger partial charge on any atom is -0.315 e. The zero-order chi connectivity index (χ0) is 10.6. The molecule has 2 fully saturated rings. The van der Waals surface area contributed by atoms with E-state index < -0.39 is 0 Å². The summed E-state index contributed by atoms with van der Waals surface area (Å²) in [4.78, 5) is 2.42. The highest BCUT2D eigenvalue weighted by Crippen LogP contribution is 2.32. The second kappa shape index (κ2) is 5.20. The van der Waals surface area contributed by atoms with Gasteiger partial charge < -0.3 is 5.32 Å². The molecule has 0 aromatic rings. The molecule has 84 valence electrons. The third-order valence-corrected chi connectivity index (χ3v) is 4.46. The van der Waals surface area contributed by atoms with Crippen molar-refractivity contribution in [3.8, 4) is 6.07 Å². The van der Waals surface area contributed by atoms with Crippen molar-refractivity contribution in [3.63, 3.8) is 0 Å². The minimum absolute atomic E-state index is 0.142. The quantitative estimate of drug-likeness (QED) is 0.724. The molecule has 3 nitrogen and oxygen atoms in total. The van der Waals surface area contributed by atoms with Crippen LogP contribution in [0, 0.1) is 11.3 Å². The van der Waals surface area contributed by atoms with Crippen molar-refractivity contribution in [2.45, 2.75) is 24.8 Å². The van der Waals surface area contributed by atoms with Gasteiger partial charge in [0, 0.05) is 19.6 Å². The van der Waals surface area contributed by atoms with E-state index in [4.69, 9.17) is 0 Å².